The number of methoxy groups -OCH3 is 1. The van der Waals surface area contributed by atoms with E-state index >= 15 is 0 Å². The van der Waals surface area contributed by atoms with Crippen molar-refractivity contribution >= 4 is 34.8 Å². The van der Waals surface area contributed by atoms with E-state index in [1.54, 1.807) is 25.1 Å². The summed E-state index contributed by atoms with van der Waals surface area (Å²) < 4.78 is 24.0. The number of hydrogen-bond donors (Lipinski definition) is 2. The van der Waals surface area contributed by atoms with Gasteiger partial charge in [-0.1, -0.05) is 17.7 Å². The van der Waals surface area contributed by atoms with Crippen molar-refractivity contribution in [3.63, 3.8) is 0 Å². The summed E-state index contributed by atoms with van der Waals surface area (Å²) in [7, 11) is 1.44. The summed E-state index contributed by atoms with van der Waals surface area (Å²) >= 11 is 6.10. The van der Waals surface area contributed by atoms with Gasteiger partial charge in [0.1, 0.15) is 11.6 Å². The van der Waals surface area contributed by atoms with Crippen LogP contribution in [0.1, 0.15) is 27.8 Å². The summed E-state index contributed by atoms with van der Waals surface area (Å²) in [5, 5.41) is 5.49. The highest BCUT2D eigenvalue weighted by atomic mass is 35.5. The molecule has 3 aromatic rings. The Balaban J connectivity index is 1.82. The molecule has 0 aliphatic rings. The summed E-state index contributed by atoms with van der Waals surface area (Å²) in [6.07, 6.45) is 0. The highest BCUT2D eigenvalue weighted by Crippen LogP contribution is 2.29. The first-order valence-corrected chi connectivity index (χ1v) is 9.64. The van der Waals surface area contributed by atoms with Crippen molar-refractivity contribution in [2.75, 3.05) is 24.4 Å². The molecule has 0 radical (unpaired) electrons. The SMILES string of the molecule is CCOc1ccc(Cl)c(C(=O)Nc2ccc(OC)c(NC(=O)c3cccc(F)c3)c2)n1. The van der Waals surface area contributed by atoms with Gasteiger partial charge in [-0.15, -0.1) is 0 Å². The van der Waals surface area contributed by atoms with E-state index in [2.05, 4.69) is 15.6 Å². The van der Waals surface area contributed by atoms with Crippen LogP contribution in [0.2, 0.25) is 5.02 Å². The number of anilines is 2. The average Bonchev–Trinajstić information content (AvgIpc) is 2.75. The summed E-state index contributed by atoms with van der Waals surface area (Å²) in [6.45, 7) is 2.19. The zero-order valence-electron chi connectivity index (χ0n) is 16.7. The highest BCUT2D eigenvalue weighted by Gasteiger charge is 2.16. The lowest BCUT2D eigenvalue weighted by molar-refractivity contribution is 0.101. The largest absolute Gasteiger partial charge is 0.495 e. The van der Waals surface area contributed by atoms with Gasteiger partial charge in [0.05, 0.1) is 24.4 Å². The van der Waals surface area contributed by atoms with Crippen molar-refractivity contribution in [1.82, 2.24) is 4.98 Å². The number of amides is 2. The summed E-state index contributed by atoms with van der Waals surface area (Å²) in [5.41, 5.74) is 0.783. The summed E-state index contributed by atoms with van der Waals surface area (Å²) in [6, 6.07) is 13.0. The summed E-state index contributed by atoms with van der Waals surface area (Å²) in [5.74, 6) is -0.985. The Labute approximate surface area is 183 Å². The molecule has 2 aromatic carbocycles. The van der Waals surface area contributed by atoms with Gasteiger partial charge in [-0.3, -0.25) is 9.59 Å². The van der Waals surface area contributed by atoms with E-state index in [-0.39, 0.29) is 27.8 Å². The molecule has 2 amide bonds. The molecule has 0 bridgehead atoms. The first-order valence-electron chi connectivity index (χ1n) is 9.27. The Bertz CT molecular complexity index is 1120. The number of nitrogens with one attached hydrogen (secondary N) is 2. The van der Waals surface area contributed by atoms with Crippen LogP contribution in [0.15, 0.2) is 54.6 Å². The van der Waals surface area contributed by atoms with Gasteiger partial charge in [0.15, 0.2) is 5.69 Å². The minimum Gasteiger partial charge on any atom is -0.495 e. The van der Waals surface area contributed by atoms with Crippen LogP contribution in [0, 0.1) is 5.82 Å². The summed E-state index contributed by atoms with van der Waals surface area (Å²) in [4.78, 5) is 29.2. The number of aromatic nitrogens is 1. The van der Waals surface area contributed by atoms with E-state index in [0.29, 0.717) is 18.0 Å². The third kappa shape index (κ3) is 5.49. The van der Waals surface area contributed by atoms with E-state index in [9.17, 15) is 14.0 Å². The van der Waals surface area contributed by atoms with E-state index in [4.69, 9.17) is 21.1 Å². The molecule has 0 atom stereocenters. The molecule has 9 heteroatoms. The minimum absolute atomic E-state index is 0.00576. The van der Waals surface area contributed by atoms with E-state index in [0.717, 1.165) is 6.07 Å². The average molecular weight is 444 g/mol. The Morgan fingerprint density at radius 1 is 1.06 bits per heavy atom. The van der Waals surface area contributed by atoms with Gasteiger partial charge < -0.3 is 20.1 Å². The maximum absolute atomic E-state index is 13.4. The standard InChI is InChI=1S/C22H19ClFN3O4/c1-3-31-19-10-8-16(23)20(27-19)22(29)25-15-7-9-18(30-2)17(12-15)26-21(28)13-5-4-6-14(24)11-13/h4-12H,3H2,1-2H3,(H,25,29)(H,26,28). The van der Waals surface area contributed by atoms with Crippen LogP contribution < -0.4 is 20.1 Å². The number of hydrogen-bond acceptors (Lipinski definition) is 5. The van der Waals surface area contributed by atoms with Crippen molar-refractivity contribution < 1.29 is 23.5 Å². The second-order valence-electron chi connectivity index (χ2n) is 6.25. The Hall–Kier alpha value is -3.65. The fraction of sp³-hybridized carbons (Fsp3) is 0.136. The maximum Gasteiger partial charge on any atom is 0.275 e. The van der Waals surface area contributed by atoms with Crippen LogP contribution in [0.3, 0.4) is 0 Å². The molecule has 1 heterocycles. The molecular weight excluding hydrogens is 425 g/mol. The molecule has 0 aliphatic heterocycles. The highest BCUT2D eigenvalue weighted by molar-refractivity contribution is 6.34. The smallest absolute Gasteiger partial charge is 0.275 e. The Morgan fingerprint density at radius 3 is 2.58 bits per heavy atom. The molecule has 31 heavy (non-hydrogen) atoms. The molecule has 3 rings (SSSR count). The Morgan fingerprint density at radius 2 is 1.87 bits per heavy atom. The topological polar surface area (TPSA) is 89.5 Å². The molecule has 2 N–H and O–H groups in total. The van der Waals surface area contributed by atoms with Gasteiger partial charge in [-0.05, 0) is 49.4 Å². The Kier molecular flexibility index (Phi) is 7.04. The molecular formula is C22H19ClFN3O4. The minimum atomic E-state index is -0.556. The zero-order chi connectivity index (χ0) is 22.4. The predicted octanol–water partition coefficient (Wildman–Crippen LogP) is 4.79. The second kappa shape index (κ2) is 9.90. The van der Waals surface area contributed by atoms with Crippen LogP contribution in [0.25, 0.3) is 0 Å². The van der Waals surface area contributed by atoms with Crippen molar-refractivity contribution in [1.29, 1.82) is 0 Å². The molecule has 0 saturated carbocycles. The van der Waals surface area contributed by atoms with Crippen molar-refractivity contribution in [3.8, 4) is 11.6 Å². The van der Waals surface area contributed by atoms with Gasteiger partial charge >= 0.3 is 0 Å². The number of pyridine rings is 1. The van der Waals surface area contributed by atoms with Crippen LogP contribution in [-0.4, -0.2) is 30.5 Å². The molecule has 0 aliphatic carbocycles. The number of carbonyl (C=O) groups excluding carboxylic acids is 2. The van der Waals surface area contributed by atoms with E-state index in [1.165, 1.54) is 37.4 Å². The van der Waals surface area contributed by atoms with Gasteiger partial charge in [-0.2, -0.15) is 0 Å². The third-order valence-electron chi connectivity index (χ3n) is 4.12. The lowest BCUT2D eigenvalue weighted by Crippen LogP contribution is -2.16. The van der Waals surface area contributed by atoms with Crippen LogP contribution in [-0.2, 0) is 0 Å². The number of carbonyl (C=O) groups is 2. The number of benzene rings is 2. The number of ether oxygens (including phenoxy) is 2. The van der Waals surface area contributed by atoms with Gasteiger partial charge in [-0.25, -0.2) is 9.37 Å². The van der Waals surface area contributed by atoms with Crippen LogP contribution in [0.4, 0.5) is 15.8 Å². The molecule has 1 aromatic heterocycles. The fourth-order valence-corrected chi connectivity index (χ4v) is 2.90. The van der Waals surface area contributed by atoms with Crippen LogP contribution >= 0.6 is 11.6 Å². The quantitative estimate of drug-likeness (QED) is 0.548. The van der Waals surface area contributed by atoms with Crippen molar-refractivity contribution in [3.05, 3.63) is 76.7 Å². The van der Waals surface area contributed by atoms with Gasteiger partial charge in [0, 0.05) is 17.3 Å². The van der Waals surface area contributed by atoms with Crippen molar-refractivity contribution in [2.24, 2.45) is 0 Å². The number of halogens is 2. The predicted molar refractivity (Wildman–Crippen MR) is 116 cm³/mol. The van der Waals surface area contributed by atoms with Crippen molar-refractivity contribution in [2.45, 2.75) is 6.92 Å². The molecule has 7 nitrogen and oxygen atoms in total. The third-order valence-corrected chi connectivity index (χ3v) is 4.43. The molecule has 0 spiro atoms. The van der Waals surface area contributed by atoms with Gasteiger partial charge in [0.25, 0.3) is 11.8 Å². The molecule has 0 fully saturated rings. The van der Waals surface area contributed by atoms with Gasteiger partial charge in [0.2, 0.25) is 5.88 Å². The first kappa shape index (κ1) is 22.0. The van der Waals surface area contributed by atoms with E-state index in [1.807, 2.05) is 0 Å². The lowest BCUT2D eigenvalue weighted by atomic mass is 10.2. The maximum atomic E-state index is 13.4. The zero-order valence-corrected chi connectivity index (χ0v) is 17.5. The fourth-order valence-electron chi connectivity index (χ4n) is 2.71. The molecule has 160 valence electrons. The second-order valence-corrected chi connectivity index (χ2v) is 6.65. The lowest BCUT2D eigenvalue weighted by Gasteiger charge is -2.13. The first-order chi connectivity index (χ1) is 14.9. The number of rotatable bonds is 7. The molecule has 0 saturated heterocycles. The monoisotopic (exact) mass is 443 g/mol. The van der Waals surface area contributed by atoms with E-state index < -0.39 is 17.6 Å². The van der Waals surface area contributed by atoms with Crippen LogP contribution in [0.5, 0.6) is 11.6 Å². The normalized spacial score (nSPS) is 10.3. The molecule has 0 unspecified atom stereocenters. The number of nitrogens with zero attached hydrogens (tertiary/aromatic N) is 1.